The van der Waals surface area contributed by atoms with E-state index in [2.05, 4.69) is 31.1 Å². The molecule has 0 amide bonds. The van der Waals surface area contributed by atoms with Gasteiger partial charge in [-0.1, -0.05) is 30.3 Å². The van der Waals surface area contributed by atoms with Crippen LogP contribution in [0.4, 0.5) is 4.39 Å². The Bertz CT molecular complexity index is 706. The number of fused-ring (bicyclic) bond motifs is 2. The van der Waals surface area contributed by atoms with Crippen molar-refractivity contribution in [3.8, 4) is 5.75 Å². The second-order valence-corrected chi connectivity index (χ2v) is 5.80. The van der Waals surface area contributed by atoms with E-state index in [1.165, 1.54) is 6.07 Å². The molecule has 0 bridgehead atoms. The Morgan fingerprint density at radius 3 is 2.77 bits per heavy atom. The van der Waals surface area contributed by atoms with Crippen molar-refractivity contribution < 1.29 is 9.13 Å². The Morgan fingerprint density at radius 1 is 1.14 bits per heavy atom. The zero-order valence-corrected chi connectivity index (χ0v) is 13.0. The van der Waals surface area contributed by atoms with Crippen LogP contribution in [0.2, 0.25) is 0 Å². The van der Waals surface area contributed by atoms with Crippen LogP contribution in [0.3, 0.4) is 0 Å². The van der Waals surface area contributed by atoms with Gasteiger partial charge in [-0.25, -0.2) is 4.39 Å². The molecule has 0 N–H and O–H groups in total. The summed E-state index contributed by atoms with van der Waals surface area (Å²) in [7, 11) is 4.12. The van der Waals surface area contributed by atoms with Gasteiger partial charge >= 0.3 is 0 Å². The molecule has 0 radical (unpaired) electrons. The van der Waals surface area contributed by atoms with Crippen LogP contribution in [0.25, 0.3) is 5.57 Å². The molecule has 1 aliphatic rings. The van der Waals surface area contributed by atoms with Crippen LogP contribution in [0.5, 0.6) is 5.75 Å². The minimum Gasteiger partial charge on any atom is -0.488 e. The van der Waals surface area contributed by atoms with Crippen LogP contribution in [0.15, 0.2) is 48.5 Å². The molecule has 0 unspecified atom stereocenters. The van der Waals surface area contributed by atoms with Crippen LogP contribution in [0, 0.1) is 5.82 Å². The van der Waals surface area contributed by atoms with Gasteiger partial charge in [0.05, 0.1) is 0 Å². The topological polar surface area (TPSA) is 12.5 Å². The zero-order chi connectivity index (χ0) is 15.5. The lowest BCUT2D eigenvalue weighted by molar-refractivity contribution is 0.306. The highest BCUT2D eigenvalue weighted by atomic mass is 19.1. The maximum atomic E-state index is 13.6. The zero-order valence-electron chi connectivity index (χ0n) is 13.0. The summed E-state index contributed by atoms with van der Waals surface area (Å²) in [5.74, 6) is 0.635. The van der Waals surface area contributed by atoms with Gasteiger partial charge in [0.15, 0.2) is 0 Å². The van der Waals surface area contributed by atoms with E-state index in [1.54, 1.807) is 6.07 Å². The molecule has 3 heteroatoms. The van der Waals surface area contributed by atoms with Crippen molar-refractivity contribution in [1.82, 2.24) is 4.90 Å². The van der Waals surface area contributed by atoms with E-state index in [0.717, 1.165) is 41.0 Å². The Balaban J connectivity index is 2.08. The van der Waals surface area contributed by atoms with Crippen LogP contribution < -0.4 is 4.74 Å². The Hall–Kier alpha value is -2.13. The highest BCUT2D eigenvalue weighted by Gasteiger charge is 2.19. The molecule has 0 atom stereocenters. The van der Waals surface area contributed by atoms with Crippen molar-refractivity contribution >= 4 is 5.57 Å². The predicted octanol–water partition coefficient (Wildman–Crippen LogP) is 4.10. The van der Waals surface area contributed by atoms with Crippen molar-refractivity contribution in [2.45, 2.75) is 13.0 Å². The average Bonchev–Trinajstić information content (AvgIpc) is 2.64. The number of ether oxygens (including phenoxy) is 1. The SMILES string of the molecule is CN(C)CC/C=C1\c2ccc(F)cc2COc2ccccc21. The largest absolute Gasteiger partial charge is 0.488 e. The third-order valence-corrected chi connectivity index (χ3v) is 3.84. The Kier molecular flexibility index (Phi) is 4.25. The fourth-order valence-corrected chi connectivity index (χ4v) is 2.75. The summed E-state index contributed by atoms with van der Waals surface area (Å²) in [5, 5.41) is 0. The molecule has 0 saturated heterocycles. The fraction of sp³-hybridized carbons (Fsp3) is 0.263. The fourth-order valence-electron chi connectivity index (χ4n) is 2.75. The molecule has 0 saturated carbocycles. The molecule has 22 heavy (non-hydrogen) atoms. The molecule has 114 valence electrons. The van der Waals surface area contributed by atoms with Crippen LogP contribution in [-0.2, 0) is 6.61 Å². The van der Waals surface area contributed by atoms with E-state index >= 15 is 0 Å². The minimum absolute atomic E-state index is 0.221. The number of hydrogen-bond acceptors (Lipinski definition) is 2. The number of halogens is 1. The van der Waals surface area contributed by atoms with E-state index in [4.69, 9.17) is 4.74 Å². The summed E-state index contributed by atoms with van der Waals surface area (Å²) in [5.41, 5.74) is 4.16. The van der Waals surface area contributed by atoms with E-state index in [-0.39, 0.29) is 5.82 Å². The van der Waals surface area contributed by atoms with Gasteiger partial charge in [-0.15, -0.1) is 0 Å². The molecular formula is C19H20FNO. The summed E-state index contributed by atoms with van der Waals surface area (Å²) < 4.78 is 19.4. The quantitative estimate of drug-likeness (QED) is 0.845. The van der Waals surface area contributed by atoms with Gasteiger partial charge in [0.1, 0.15) is 18.2 Å². The van der Waals surface area contributed by atoms with Gasteiger partial charge in [0.25, 0.3) is 0 Å². The molecule has 2 nitrogen and oxygen atoms in total. The second kappa shape index (κ2) is 6.32. The highest BCUT2D eigenvalue weighted by molar-refractivity contribution is 5.84. The van der Waals surface area contributed by atoms with Gasteiger partial charge in [-0.3, -0.25) is 0 Å². The number of benzene rings is 2. The first-order valence-corrected chi connectivity index (χ1v) is 7.51. The monoisotopic (exact) mass is 297 g/mol. The molecule has 0 fully saturated rings. The van der Waals surface area contributed by atoms with Crippen molar-refractivity contribution in [1.29, 1.82) is 0 Å². The second-order valence-electron chi connectivity index (χ2n) is 5.80. The standard InChI is InChI=1S/C19H20FNO/c1-21(2)11-5-7-17-16-10-9-15(20)12-14(16)13-22-19-8-4-3-6-18(17)19/h3-4,6-10,12H,5,11,13H2,1-2H3/b17-7+. The Labute approximate surface area is 130 Å². The van der Waals surface area contributed by atoms with Crippen molar-refractivity contribution in [2.24, 2.45) is 0 Å². The summed E-state index contributed by atoms with van der Waals surface area (Å²) in [6, 6.07) is 13.0. The van der Waals surface area contributed by atoms with Crippen molar-refractivity contribution in [2.75, 3.05) is 20.6 Å². The van der Waals surface area contributed by atoms with E-state index in [0.29, 0.717) is 6.61 Å². The molecular weight excluding hydrogens is 277 g/mol. The first-order chi connectivity index (χ1) is 10.6. The molecule has 1 aliphatic heterocycles. The smallest absolute Gasteiger partial charge is 0.127 e. The summed E-state index contributed by atoms with van der Waals surface area (Å²) in [6.45, 7) is 1.37. The molecule has 0 aromatic heterocycles. The number of hydrogen-bond donors (Lipinski definition) is 0. The average molecular weight is 297 g/mol. The van der Waals surface area contributed by atoms with Gasteiger partial charge in [0.2, 0.25) is 0 Å². The van der Waals surface area contributed by atoms with Crippen LogP contribution >= 0.6 is 0 Å². The maximum absolute atomic E-state index is 13.6. The molecule has 2 aromatic rings. The predicted molar refractivity (Wildman–Crippen MR) is 87.4 cm³/mol. The van der Waals surface area contributed by atoms with Crippen LogP contribution in [-0.4, -0.2) is 25.5 Å². The summed E-state index contributed by atoms with van der Waals surface area (Å²) in [4.78, 5) is 2.15. The molecule has 2 aromatic carbocycles. The lowest BCUT2D eigenvalue weighted by Crippen LogP contribution is -2.12. The number of rotatable bonds is 3. The number of para-hydroxylation sites is 1. The van der Waals surface area contributed by atoms with Gasteiger partial charge in [-0.2, -0.15) is 0 Å². The first-order valence-electron chi connectivity index (χ1n) is 7.51. The molecule has 3 rings (SSSR count). The van der Waals surface area contributed by atoms with Gasteiger partial charge in [0, 0.05) is 17.7 Å². The van der Waals surface area contributed by atoms with Crippen molar-refractivity contribution in [3.63, 3.8) is 0 Å². The Morgan fingerprint density at radius 2 is 1.95 bits per heavy atom. The van der Waals surface area contributed by atoms with E-state index < -0.39 is 0 Å². The molecule has 0 aliphatic carbocycles. The number of nitrogens with zero attached hydrogens (tertiary/aromatic N) is 1. The lowest BCUT2D eigenvalue weighted by Gasteiger charge is -2.12. The van der Waals surface area contributed by atoms with Crippen LogP contribution in [0.1, 0.15) is 23.1 Å². The minimum atomic E-state index is -0.221. The third kappa shape index (κ3) is 3.04. The van der Waals surface area contributed by atoms with Gasteiger partial charge < -0.3 is 9.64 Å². The van der Waals surface area contributed by atoms with Gasteiger partial charge in [-0.05, 0) is 49.9 Å². The summed E-state index contributed by atoms with van der Waals surface area (Å²) in [6.07, 6.45) is 3.16. The highest BCUT2D eigenvalue weighted by Crippen LogP contribution is 2.36. The van der Waals surface area contributed by atoms with Crippen molar-refractivity contribution in [3.05, 3.63) is 71.0 Å². The summed E-state index contributed by atoms with van der Waals surface area (Å²) >= 11 is 0. The lowest BCUT2D eigenvalue weighted by atomic mass is 9.93. The van der Waals surface area contributed by atoms with E-state index in [1.807, 2.05) is 24.3 Å². The molecule has 0 spiro atoms. The van der Waals surface area contributed by atoms with E-state index in [9.17, 15) is 4.39 Å². The maximum Gasteiger partial charge on any atom is 0.127 e. The third-order valence-electron chi connectivity index (χ3n) is 3.84. The first kappa shape index (κ1) is 14.8. The molecule has 1 heterocycles. The normalized spacial score (nSPS) is 15.2.